The highest BCUT2D eigenvalue weighted by Crippen LogP contribution is 2.51. The number of nitrogens with zero attached hydrogens (tertiary/aromatic N) is 4. The van der Waals surface area contributed by atoms with E-state index in [0.717, 1.165) is 16.1 Å². The topological polar surface area (TPSA) is 139 Å². The summed E-state index contributed by atoms with van der Waals surface area (Å²) in [5.74, 6) is -0.562. The second-order valence-corrected chi connectivity index (χ2v) is 11.7. The van der Waals surface area contributed by atoms with Crippen molar-refractivity contribution in [2.45, 2.75) is 43.9 Å². The van der Waals surface area contributed by atoms with Crippen LogP contribution in [0.4, 0.5) is 5.13 Å². The highest BCUT2D eigenvalue weighted by Gasteiger charge is 2.46. The number of hydrogen-bond acceptors (Lipinski definition) is 10. The van der Waals surface area contributed by atoms with Crippen LogP contribution in [0, 0.1) is 23.7 Å². The van der Waals surface area contributed by atoms with Crippen LogP contribution in [0.25, 0.3) is 0 Å². The number of thioether (sulfide) groups is 1. The fraction of sp³-hybridized carbons (Fsp3) is 0.381. The molecule has 3 heterocycles. The van der Waals surface area contributed by atoms with E-state index in [9.17, 15) is 14.9 Å². The number of nitrogens with two attached hydrogens (primary N) is 2. The van der Waals surface area contributed by atoms with Crippen molar-refractivity contribution in [1.29, 1.82) is 5.26 Å². The number of anilines is 1. The number of aryl methyl sites for hydroxylation is 1. The number of amides is 1. The minimum atomic E-state index is -0.480. The molecule has 2 aliphatic rings. The lowest BCUT2D eigenvalue weighted by molar-refractivity contribution is -0.118. The van der Waals surface area contributed by atoms with Gasteiger partial charge in [-0.05, 0) is 35.8 Å². The molecule has 0 radical (unpaired) electrons. The Kier molecular flexibility index (Phi) is 5.87. The van der Waals surface area contributed by atoms with Crippen molar-refractivity contribution >= 4 is 51.3 Å². The summed E-state index contributed by atoms with van der Waals surface area (Å²) in [7, 11) is 0. The molecule has 0 fully saturated rings. The number of ketones is 1. The fourth-order valence-electron chi connectivity index (χ4n) is 4.15. The number of carbonyl (C=O) groups is 2. The first-order valence-corrected chi connectivity index (χ1v) is 12.6. The molecule has 0 bridgehead atoms. The van der Waals surface area contributed by atoms with Gasteiger partial charge >= 0.3 is 0 Å². The zero-order valence-corrected chi connectivity index (χ0v) is 20.3. The van der Waals surface area contributed by atoms with Crippen molar-refractivity contribution in [3.05, 3.63) is 44.6 Å². The third kappa shape index (κ3) is 3.94. The zero-order valence-electron chi connectivity index (χ0n) is 17.8. The Hall–Kier alpha value is -2.68. The molecule has 2 aromatic heterocycles. The lowest BCUT2D eigenvalue weighted by Crippen LogP contribution is -2.42. The maximum absolute atomic E-state index is 13.4. The number of allylic oxidation sites excluding steroid dienone is 3. The first-order chi connectivity index (χ1) is 15.1. The normalized spacial score (nSPS) is 20.4. The molecule has 4 N–H and O–H groups in total. The van der Waals surface area contributed by atoms with E-state index in [4.69, 9.17) is 11.5 Å². The second kappa shape index (κ2) is 8.35. The van der Waals surface area contributed by atoms with E-state index in [1.165, 1.54) is 34.4 Å². The summed E-state index contributed by atoms with van der Waals surface area (Å²) < 4.78 is 0.560. The molecule has 11 heteroatoms. The van der Waals surface area contributed by atoms with E-state index in [0.29, 0.717) is 33.5 Å². The smallest absolute Gasteiger partial charge is 0.227 e. The Balaban J connectivity index is 1.89. The van der Waals surface area contributed by atoms with E-state index >= 15 is 0 Å². The maximum Gasteiger partial charge on any atom is 0.227 e. The number of hydrogen-bond donors (Lipinski definition) is 2. The predicted molar refractivity (Wildman–Crippen MR) is 126 cm³/mol. The van der Waals surface area contributed by atoms with E-state index in [1.807, 2.05) is 32.2 Å². The molecule has 1 aliphatic heterocycles. The highest BCUT2D eigenvalue weighted by atomic mass is 32.2. The van der Waals surface area contributed by atoms with Crippen molar-refractivity contribution in [1.82, 2.24) is 10.2 Å². The van der Waals surface area contributed by atoms with E-state index in [2.05, 4.69) is 16.3 Å². The van der Waals surface area contributed by atoms with E-state index in [-0.39, 0.29) is 22.8 Å². The number of nitriles is 1. The van der Waals surface area contributed by atoms with Crippen LogP contribution in [0.3, 0.4) is 0 Å². The largest absolute Gasteiger partial charge is 0.384 e. The summed E-state index contributed by atoms with van der Waals surface area (Å²) >= 11 is 3.97. The van der Waals surface area contributed by atoms with Gasteiger partial charge in [0.15, 0.2) is 10.1 Å². The average molecular weight is 487 g/mol. The van der Waals surface area contributed by atoms with Crippen LogP contribution in [0.2, 0.25) is 0 Å². The van der Waals surface area contributed by atoms with Crippen LogP contribution in [-0.2, 0) is 9.59 Å². The molecule has 1 aliphatic carbocycles. The van der Waals surface area contributed by atoms with Gasteiger partial charge in [-0.25, -0.2) is 0 Å². The summed E-state index contributed by atoms with van der Waals surface area (Å²) in [5, 5.41) is 20.9. The van der Waals surface area contributed by atoms with Gasteiger partial charge in [0.1, 0.15) is 5.82 Å². The van der Waals surface area contributed by atoms with Gasteiger partial charge in [0.2, 0.25) is 11.0 Å². The number of rotatable bonds is 5. The van der Waals surface area contributed by atoms with Crippen molar-refractivity contribution in [3.63, 3.8) is 0 Å². The zero-order chi connectivity index (χ0) is 23.2. The lowest BCUT2D eigenvalue weighted by Gasteiger charge is -2.42. The van der Waals surface area contributed by atoms with Crippen LogP contribution in [0.1, 0.15) is 43.0 Å². The van der Waals surface area contributed by atoms with E-state index in [1.54, 1.807) is 4.90 Å². The quantitative estimate of drug-likeness (QED) is 0.613. The number of aromatic nitrogens is 2. The minimum absolute atomic E-state index is 0.0205. The average Bonchev–Trinajstić information content (AvgIpc) is 3.33. The predicted octanol–water partition coefficient (Wildman–Crippen LogP) is 3.43. The molecule has 1 atom stereocenters. The van der Waals surface area contributed by atoms with Crippen molar-refractivity contribution < 1.29 is 9.59 Å². The monoisotopic (exact) mass is 486 g/mol. The van der Waals surface area contributed by atoms with Crippen LogP contribution in [0.5, 0.6) is 0 Å². The first-order valence-electron chi connectivity index (χ1n) is 9.87. The molecule has 166 valence electrons. The highest BCUT2D eigenvalue weighted by molar-refractivity contribution is 8.01. The van der Waals surface area contributed by atoms with Crippen molar-refractivity contribution in [2.75, 3.05) is 10.7 Å². The van der Waals surface area contributed by atoms with Gasteiger partial charge in [-0.2, -0.15) is 5.26 Å². The van der Waals surface area contributed by atoms with Crippen LogP contribution in [0.15, 0.2) is 38.5 Å². The summed E-state index contributed by atoms with van der Waals surface area (Å²) in [6.07, 6.45) is 1.01. The molecule has 0 saturated carbocycles. The Bertz CT molecular complexity index is 1220. The molecule has 8 nitrogen and oxygen atoms in total. The molecule has 32 heavy (non-hydrogen) atoms. The lowest BCUT2D eigenvalue weighted by atomic mass is 9.69. The van der Waals surface area contributed by atoms with Gasteiger partial charge in [-0.15, -0.1) is 21.5 Å². The summed E-state index contributed by atoms with van der Waals surface area (Å²) in [6, 6.07) is 4.25. The van der Waals surface area contributed by atoms with Crippen molar-refractivity contribution in [3.8, 4) is 6.07 Å². The molecule has 2 aromatic rings. The van der Waals surface area contributed by atoms with Crippen LogP contribution < -0.4 is 16.4 Å². The van der Waals surface area contributed by atoms with Gasteiger partial charge < -0.3 is 11.5 Å². The van der Waals surface area contributed by atoms with Crippen molar-refractivity contribution in [2.24, 2.45) is 16.9 Å². The van der Waals surface area contributed by atoms with Gasteiger partial charge in [0.25, 0.3) is 0 Å². The molecule has 0 aromatic carbocycles. The fourth-order valence-corrected chi connectivity index (χ4v) is 6.82. The Morgan fingerprint density at radius 3 is 2.78 bits per heavy atom. The van der Waals surface area contributed by atoms with Gasteiger partial charge in [-0.1, -0.05) is 36.9 Å². The summed E-state index contributed by atoms with van der Waals surface area (Å²) in [4.78, 5) is 27.2. The number of thiophene rings is 1. The minimum Gasteiger partial charge on any atom is -0.384 e. The SMILES string of the molecule is Cc1ccsc1C1C(C#N)=C(N)N(c2nnc(SCC(N)=O)s2)C2=C1C(=O)CC(C)(C)C2. The number of Topliss-reactive ketones (excluding diaryl/α,β-unsaturated/α-hetero) is 1. The van der Waals surface area contributed by atoms with Gasteiger partial charge in [-0.3, -0.25) is 14.5 Å². The maximum atomic E-state index is 13.4. The number of primary amides is 1. The van der Waals surface area contributed by atoms with Crippen LogP contribution in [-0.4, -0.2) is 27.6 Å². The van der Waals surface area contributed by atoms with Crippen LogP contribution >= 0.6 is 34.4 Å². The molecule has 1 unspecified atom stereocenters. The number of carbonyl (C=O) groups excluding carboxylic acids is 2. The molecular formula is C21H22N6O2S3. The molecule has 1 amide bonds. The van der Waals surface area contributed by atoms with Gasteiger partial charge in [0, 0.05) is 22.6 Å². The van der Waals surface area contributed by atoms with Gasteiger partial charge in [0.05, 0.1) is 23.3 Å². The summed E-state index contributed by atoms with van der Waals surface area (Å²) in [6.45, 7) is 6.08. The Labute approximate surface area is 198 Å². The molecular weight excluding hydrogens is 464 g/mol. The molecule has 0 saturated heterocycles. The Morgan fingerprint density at radius 1 is 1.41 bits per heavy atom. The Morgan fingerprint density at radius 2 is 2.16 bits per heavy atom. The third-order valence-electron chi connectivity index (χ3n) is 5.47. The first kappa shape index (κ1) is 22.5. The molecule has 0 spiro atoms. The second-order valence-electron chi connectivity index (χ2n) is 8.55. The standard InChI is InChI=1S/C21H22N6O2S3/c1-10-4-5-30-17(10)15-11(8-22)18(24)27(12-6-21(2,3)7-13(28)16(12)15)19-25-26-20(32-19)31-9-14(23)29/h4-5,15H,6-7,9,24H2,1-3H3,(H2,23,29). The summed E-state index contributed by atoms with van der Waals surface area (Å²) in [5.41, 5.74) is 14.3. The third-order valence-corrected chi connectivity index (χ3v) is 8.62. The van der Waals surface area contributed by atoms with E-state index < -0.39 is 11.8 Å². The molecule has 4 rings (SSSR count).